The summed E-state index contributed by atoms with van der Waals surface area (Å²) in [6.07, 6.45) is 1.44. The van der Waals surface area contributed by atoms with Gasteiger partial charge in [0.05, 0.1) is 24.4 Å². The maximum absolute atomic E-state index is 11.9. The van der Waals surface area contributed by atoms with Crippen molar-refractivity contribution in [1.29, 1.82) is 0 Å². The van der Waals surface area contributed by atoms with Gasteiger partial charge in [-0.1, -0.05) is 0 Å². The molecule has 1 atom stereocenters. The van der Waals surface area contributed by atoms with E-state index in [0.717, 1.165) is 22.5 Å². The summed E-state index contributed by atoms with van der Waals surface area (Å²) in [6, 6.07) is 3.55. The summed E-state index contributed by atoms with van der Waals surface area (Å²) in [5, 5.41) is 3.59. The number of anilines is 1. The first-order chi connectivity index (χ1) is 10.8. The van der Waals surface area contributed by atoms with E-state index in [-0.39, 0.29) is 18.4 Å². The quantitative estimate of drug-likeness (QED) is 0.904. The molecule has 0 radical (unpaired) electrons. The van der Waals surface area contributed by atoms with Crippen LogP contribution in [0, 0.1) is 6.92 Å². The standard InChI is InChI=1S/C14H17N3O4S2/c1-8-13-10(6-12(18)15-14(13)22-16-8)11-5-4-9(21-11)7-17(2)23(3,19)20/h4-5,10H,6-7H2,1-3H3,(H,15,18)/t10-/m1/s1. The zero-order valence-electron chi connectivity index (χ0n) is 13.0. The minimum atomic E-state index is -3.27. The Bertz CT molecular complexity index is 853. The molecule has 0 unspecified atom stereocenters. The van der Waals surface area contributed by atoms with Crippen LogP contribution in [0.25, 0.3) is 0 Å². The number of carbonyl (C=O) groups excluding carboxylic acids is 1. The van der Waals surface area contributed by atoms with Gasteiger partial charge in [0.2, 0.25) is 15.9 Å². The van der Waals surface area contributed by atoms with Gasteiger partial charge in [0.15, 0.2) is 0 Å². The number of amides is 1. The van der Waals surface area contributed by atoms with Crippen LogP contribution >= 0.6 is 11.5 Å². The van der Waals surface area contributed by atoms with Crippen LogP contribution in [0.2, 0.25) is 0 Å². The van der Waals surface area contributed by atoms with Gasteiger partial charge >= 0.3 is 0 Å². The summed E-state index contributed by atoms with van der Waals surface area (Å²) in [5.41, 5.74) is 1.85. The molecule has 0 bridgehead atoms. The lowest BCUT2D eigenvalue weighted by Crippen LogP contribution is -2.24. The first-order valence-corrected chi connectivity index (χ1v) is 9.64. The van der Waals surface area contributed by atoms with Crippen molar-refractivity contribution >= 4 is 32.5 Å². The predicted octanol–water partition coefficient (Wildman–Crippen LogP) is 1.91. The third-order valence-electron chi connectivity index (χ3n) is 3.87. The van der Waals surface area contributed by atoms with Gasteiger partial charge in [0.25, 0.3) is 0 Å². The molecule has 1 aliphatic heterocycles. The molecule has 0 saturated carbocycles. The van der Waals surface area contributed by atoms with Crippen LogP contribution in [0.5, 0.6) is 0 Å². The second kappa shape index (κ2) is 5.73. The Morgan fingerprint density at radius 1 is 1.48 bits per heavy atom. The lowest BCUT2D eigenvalue weighted by Gasteiger charge is -2.21. The summed E-state index contributed by atoms with van der Waals surface area (Å²) in [4.78, 5) is 11.9. The van der Waals surface area contributed by atoms with Crippen LogP contribution in [0.1, 0.15) is 35.1 Å². The highest BCUT2D eigenvalue weighted by molar-refractivity contribution is 7.88. The second-order valence-corrected chi connectivity index (χ2v) is 8.50. The lowest BCUT2D eigenvalue weighted by molar-refractivity contribution is -0.116. The highest BCUT2D eigenvalue weighted by Crippen LogP contribution is 2.41. The van der Waals surface area contributed by atoms with Gasteiger partial charge < -0.3 is 9.73 Å². The minimum absolute atomic E-state index is 0.0719. The maximum atomic E-state index is 11.9. The average molecular weight is 355 g/mol. The molecule has 9 heteroatoms. The molecule has 1 aliphatic rings. The van der Waals surface area contributed by atoms with E-state index in [1.54, 1.807) is 12.1 Å². The number of hydrogen-bond acceptors (Lipinski definition) is 6. The number of aromatic nitrogens is 1. The smallest absolute Gasteiger partial charge is 0.226 e. The molecule has 0 aliphatic carbocycles. The lowest BCUT2D eigenvalue weighted by atomic mass is 9.90. The third kappa shape index (κ3) is 3.17. The van der Waals surface area contributed by atoms with E-state index >= 15 is 0 Å². The number of sulfonamides is 1. The highest BCUT2D eigenvalue weighted by atomic mass is 32.2. The van der Waals surface area contributed by atoms with Gasteiger partial charge in [-0.15, -0.1) is 0 Å². The van der Waals surface area contributed by atoms with Crippen LogP contribution in [-0.4, -0.2) is 36.3 Å². The van der Waals surface area contributed by atoms with E-state index in [9.17, 15) is 13.2 Å². The molecule has 0 saturated heterocycles. The molecule has 2 aromatic heterocycles. The summed E-state index contributed by atoms with van der Waals surface area (Å²) in [5.74, 6) is 0.940. The van der Waals surface area contributed by atoms with Crippen LogP contribution in [-0.2, 0) is 21.4 Å². The van der Waals surface area contributed by atoms with Crippen molar-refractivity contribution in [2.75, 3.05) is 18.6 Å². The number of hydrogen-bond donors (Lipinski definition) is 1. The molecular weight excluding hydrogens is 338 g/mol. The maximum Gasteiger partial charge on any atom is 0.226 e. The van der Waals surface area contributed by atoms with Crippen molar-refractivity contribution in [3.05, 3.63) is 34.9 Å². The number of nitrogens with one attached hydrogen (secondary N) is 1. The number of fused-ring (bicyclic) bond motifs is 1. The van der Waals surface area contributed by atoms with Crippen molar-refractivity contribution in [3.63, 3.8) is 0 Å². The molecule has 7 nitrogen and oxygen atoms in total. The van der Waals surface area contributed by atoms with Gasteiger partial charge in [0, 0.05) is 19.0 Å². The molecule has 0 fully saturated rings. The summed E-state index contributed by atoms with van der Waals surface area (Å²) in [6.45, 7) is 2.06. The molecule has 0 spiro atoms. The van der Waals surface area contributed by atoms with E-state index in [1.165, 1.54) is 22.9 Å². The molecule has 3 heterocycles. The van der Waals surface area contributed by atoms with Gasteiger partial charge in [-0.05, 0) is 30.6 Å². The van der Waals surface area contributed by atoms with Crippen LogP contribution < -0.4 is 5.32 Å². The second-order valence-electron chi connectivity index (χ2n) is 5.64. The Labute approximate surface area is 138 Å². The zero-order chi connectivity index (χ0) is 16.8. The Kier molecular flexibility index (Phi) is 4.03. The largest absolute Gasteiger partial charge is 0.464 e. The van der Waals surface area contributed by atoms with E-state index < -0.39 is 10.0 Å². The van der Waals surface area contributed by atoms with E-state index in [0.29, 0.717) is 17.9 Å². The van der Waals surface area contributed by atoms with Crippen LogP contribution in [0.15, 0.2) is 16.5 Å². The fourth-order valence-electron chi connectivity index (χ4n) is 2.59. The van der Waals surface area contributed by atoms with Gasteiger partial charge in [-0.2, -0.15) is 8.68 Å². The molecule has 23 heavy (non-hydrogen) atoms. The molecule has 1 N–H and O–H groups in total. The Balaban J connectivity index is 1.89. The van der Waals surface area contributed by atoms with E-state index in [2.05, 4.69) is 9.69 Å². The first kappa shape index (κ1) is 16.2. The molecule has 1 amide bonds. The number of aryl methyl sites for hydroxylation is 1. The van der Waals surface area contributed by atoms with Gasteiger partial charge in [-0.25, -0.2) is 8.42 Å². The Morgan fingerprint density at radius 2 is 2.22 bits per heavy atom. The fourth-order valence-corrected chi connectivity index (χ4v) is 3.82. The Hall–Kier alpha value is -1.71. The van der Waals surface area contributed by atoms with Gasteiger partial charge in [0.1, 0.15) is 16.5 Å². The number of carbonyl (C=O) groups is 1. The highest BCUT2D eigenvalue weighted by Gasteiger charge is 2.32. The minimum Gasteiger partial charge on any atom is -0.464 e. The predicted molar refractivity (Wildman–Crippen MR) is 87.0 cm³/mol. The van der Waals surface area contributed by atoms with Crippen molar-refractivity contribution < 1.29 is 17.6 Å². The molecule has 2 aromatic rings. The molecule has 3 rings (SSSR count). The van der Waals surface area contributed by atoms with Crippen molar-refractivity contribution in [1.82, 2.24) is 8.68 Å². The molecule has 124 valence electrons. The Morgan fingerprint density at radius 3 is 2.91 bits per heavy atom. The van der Waals surface area contributed by atoms with Crippen LogP contribution in [0.4, 0.5) is 5.00 Å². The fraction of sp³-hybridized carbons (Fsp3) is 0.429. The number of nitrogens with zero attached hydrogens (tertiary/aromatic N) is 2. The zero-order valence-corrected chi connectivity index (χ0v) is 14.6. The average Bonchev–Trinajstić information content (AvgIpc) is 3.04. The summed E-state index contributed by atoms with van der Waals surface area (Å²) >= 11 is 1.26. The summed E-state index contributed by atoms with van der Waals surface area (Å²) in [7, 11) is -1.77. The monoisotopic (exact) mass is 355 g/mol. The topological polar surface area (TPSA) is 92.5 Å². The van der Waals surface area contributed by atoms with E-state index in [1.807, 2.05) is 6.92 Å². The number of rotatable bonds is 4. The van der Waals surface area contributed by atoms with Gasteiger partial charge in [-0.3, -0.25) is 4.79 Å². The molecule has 0 aromatic carbocycles. The van der Waals surface area contributed by atoms with Crippen molar-refractivity contribution in [2.45, 2.75) is 25.8 Å². The van der Waals surface area contributed by atoms with Crippen molar-refractivity contribution in [3.8, 4) is 0 Å². The van der Waals surface area contributed by atoms with Crippen LogP contribution in [0.3, 0.4) is 0 Å². The van der Waals surface area contributed by atoms with Crippen molar-refractivity contribution in [2.24, 2.45) is 0 Å². The molecular formula is C14H17N3O4S2. The number of furan rings is 1. The van der Waals surface area contributed by atoms with E-state index in [4.69, 9.17) is 4.42 Å². The SMILES string of the molecule is Cc1nsc2c1[C@@H](c1ccc(CN(C)S(C)(=O)=O)o1)CC(=O)N2. The normalized spacial score (nSPS) is 18.1. The first-order valence-electron chi connectivity index (χ1n) is 7.01. The summed E-state index contributed by atoms with van der Waals surface area (Å²) < 4.78 is 34.3. The third-order valence-corrected chi connectivity index (χ3v) is 6.00.